The molecule has 1 N–H and O–H groups in total. The number of carbonyl (C=O) groups excluding carboxylic acids is 2. The Morgan fingerprint density at radius 2 is 1.77 bits per heavy atom. The number of hydrogen-bond donors (Lipinski definition) is 1. The van der Waals surface area contributed by atoms with Crippen molar-refractivity contribution in [2.45, 2.75) is 25.8 Å². The maximum Gasteiger partial charge on any atom is 0.331 e. The van der Waals surface area contributed by atoms with Gasteiger partial charge in [-0.15, -0.1) is 0 Å². The highest BCUT2D eigenvalue weighted by Gasteiger charge is 2.28. The van der Waals surface area contributed by atoms with Gasteiger partial charge in [0.1, 0.15) is 0 Å². The van der Waals surface area contributed by atoms with Gasteiger partial charge < -0.3 is 24.3 Å². The first-order valence-electron chi connectivity index (χ1n) is 8.42. The summed E-state index contributed by atoms with van der Waals surface area (Å²) in [7, 11) is 4.54. The average Bonchev–Trinajstić information content (AvgIpc) is 3.48. The molecule has 1 aliphatic carbocycles. The zero-order chi connectivity index (χ0) is 19.1. The maximum atomic E-state index is 11.8. The largest absolute Gasteiger partial charge is 0.493 e. The molecule has 1 aromatic carbocycles. The van der Waals surface area contributed by atoms with Crippen LogP contribution < -0.4 is 19.5 Å². The first-order valence-corrected chi connectivity index (χ1v) is 8.42. The molecular weight excluding hydrogens is 338 g/mol. The van der Waals surface area contributed by atoms with Crippen LogP contribution in [0.1, 0.15) is 25.3 Å². The Balaban J connectivity index is 1.91. The van der Waals surface area contributed by atoms with Crippen molar-refractivity contribution in [2.24, 2.45) is 5.92 Å². The van der Waals surface area contributed by atoms with Gasteiger partial charge in [-0.2, -0.15) is 0 Å². The van der Waals surface area contributed by atoms with E-state index >= 15 is 0 Å². The van der Waals surface area contributed by atoms with Crippen LogP contribution in [0.3, 0.4) is 0 Å². The molecule has 7 heteroatoms. The lowest BCUT2D eigenvalue weighted by atomic mass is 10.1. The van der Waals surface area contributed by atoms with Crippen LogP contribution in [0.5, 0.6) is 17.2 Å². The van der Waals surface area contributed by atoms with E-state index in [-0.39, 0.29) is 18.6 Å². The standard InChI is InChI=1S/C19H25NO6/c1-12(14-6-7-14)20-17(21)11-26-18(22)8-5-13-9-15(23-2)19(25-4)16(10-13)24-3/h5,8-10,12,14H,6-7,11H2,1-4H3,(H,20,21)/b8-5+/t12-/m0/s1. The van der Waals surface area contributed by atoms with E-state index in [1.165, 1.54) is 27.4 Å². The van der Waals surface area contributed by atoms with E-state index in [2.05, 4.69) is 5.32 Å². The molecule has 1 saturated carbocycles. The lowest BCUT2D eigenvalue weighted by Gasteiger charge is -2.13. The van der Waals surface area contributed by atoms with Gasteiger partial charge in [0.2, 0.25) is 5.75 Å². The summed E-state index contributed by atoms with van der Waals surface area (Å²) in [6, 6.07) is 3.53. The molecule has 142 valence electrons. The maximum absolute atomic E-state index is 11.8. The topological polar surface area (TPSA) is 83.1 Å². The normalized spacial score (nSPS) is 14.6. The number of carbonyl (C=O) groups is 2. The van der Waals surface area contributed by atoms with E-state index < -0.39 is 5.97 Å². The molecule has 0 radical (unpaired) electrons. The van der Waals surface area contributed by atoms with Crippen LogP contribution in [-0.4, -0.2) is 45.9 Å². The molecule has 1 aliphatic rings. The van der Waals surface area contributed by atoms with E-state index in [1.807, 2.05) is 6.92 Å². The van der Waals surface area contributed by atoms with E-state index in [0.29, 0.717) is 28.7 Å². The number of ether oxygens (including phenoxy) is 4. The number of esters is 1. The monoisotopic (exact) mass is 363 g/mol. The van der Waals surface area contributed by atoms with Crippen molar-refractivity contribution in [3.05, 3.63) is 23.8 Å². The van der Waals surface area contributed by atoms with Gasteiger partial charge >= 0.3 is 5.97 Å². The van der Waals surface area contributed by atoms with E-state index in [9.17, 15) is 9.59 Å². The smallest absolute Gasteiger partial charge is 0.331 e. The van der Waals surface area contributed by atoms with Crippen molar-refractivity contribution in [1.29, 1.82) is 0 Å². The van der Waals surface area contributed by atoms with E-state index in [0.717, 1.165) is 12.8 Å². The van der Waals surface area contributed by atoms with E-state index in [4.69, 9.17) is 18.9 Å². The van der Waals surface area contributed by atoms with Crippen molar-refractivity contribution in [1.82, 2.24) is 5.32 Å². The second-order valence-corrected chi connectivity index (χ2v) is 6.09. The lowest BCUT2D eigenvalue weighted by molar-refractivity contribution is -0.144. The summed E-state index contributed by atoms with van der Waals surface area (Å²) in [5, 5.41) is 2.83. The highest BCUT2D eigenvalue weighted by atomic mass is 16.5. The van der Waals surface area contributed by atoms with Gasteiger partial charge in [0.15, 0.2) is 18.1 Å². The number of hydrogen-bond acceptors (Lipinski definition) is 6. The van der Waals surface area contributed by atoms with Gasteiger partial charge in [-0.25, -0.2) is 4.79 Å². The minimum atomic E-state index is -0.604. The fourth-order valence-corrected chi connectivity index (χ4v) is 2.56. The molecule has 0 saturated heterocycles. The first kappa shape index (κ1) is 19.6. The molecule has 1 amide bonds. The predicted octanol–water partition coefficient (Wildman–Crippen LogP) is 2.18. The Morgan fingerprint density at radius 3 is 2.27 bits per heavy atom. The van der Waals surface area contributed by atoms with Crippen LogP contribution in [0, 0.1) is 5.92 Å². The second-order valence-electron chi connectivity index (χ2n) is 6.09. The molecule has 1 atom stereocenters. The number of benzene rings is 1. The molecule has 0 aromatic heterocycles. The summed E-state index contributed by atoms with van der Waals surface area (Å²) in [6.07, 6.45) is 5.08. The molecule has 0 bridgehead atoms. The SMILES string of the molecule is COc1cc(/C=C/C(=O)OCC(=O)N[C@@H](C)C2CC2)cc(OC)c1OC. The second kappa shape index (κ2) is 9.12. The van der Waals surface area contributed by atoms with E-state index in [1.54, 1.807) is 18.2 Å². The Morgan fingerprint density at radius 1 is 1.15 bits per heavy atom. The zero-order valence-electron chi connectivity index (χ0n) is 15.5. The highest BCUT2D eigenvalue weighted by Crippen LogP contribution is 2.38. The van der Waals surface area contributed by atoms with Crippen LogP contribution in [0.4, 0.5) is 0 Å². The van der Waals surface area contributed by atoms with Crippen LogP contribution in [0.15, 0.2) is 18.2 Å². The predicted molar refractivity (Wildman–Crippen MR) is 96.4 cm³/mol. The Bertz CT molecular complexity index is 656. The summed E-state index contributed by atoms with van der Waals surface area (Å²) in [4.78, 5) is 23.6. The number of nitrogens with one attached hydrogen (secondary N) is 1. The van der Waals surface area contributed by atoms with Gasteiger partial charge in [-0.3, -0.25) is 4.79 Å². The summed E-state index contributed by atoms with van der Waals surface area (Å²) >= 11 is 0. The van der Waals surface area contributed by atoms with Crippen LogP contribution >= 0.6 is 0 Å². The van der Waals surface area contributed by atoms with Gasteiger partial charge in [-0.05, 0) is 49.5 Å². The molecular formula is C19H25NO6. The fourth-order valence-electron chi connectivity index (χ4n) is 2.56. The molecule has 0 spiro atoms. The lowest BCUT2D eigenvalue weighted by Crippen LogP contribution is -2.36. The number of rotatable bonds is 9. The van der Waals surface area contributed by atoms with Crippen molar-refractivity contribution in [2.75, 3.05) is 27.9 Å². The van der Waals surface area contributed by atoms with Crippen molar-refractivity contribution in [3.63, 3.8) is 0 Å². The Labute approximate surface area is 153 Å². The van der Waals surface area contributed by atoms with Gasteiger partial charge in [0.05, 0.1) is 21.3 Å². The molecule has 2 rings (SSSR count). The third-order valence-corrected chi connectivity index (χ3v) is 4.16. The Hall–Kier alpha value is -2.70. The van der Waals surface area contributed by atoms with Crippen molar-refractivity contribution < 1.29 is 28.5 Å². The Kier molecular flexibility index (Phi) is 6.89. The molecule has 1 fully saturated rings. The summed E-state index contributed by atoms with van der Waals surface area (Å²) in [5.74, 6) is 1.08. The third kappa shape index (κ3) is 5.40. The molecule has 26 heavy (non-hydrogen) atoms. The summed E-state index contributed by atoms with van der Waals surface area (Å²) in [6.45, 7) is 1.66. The van der Waals surface area contributed by atoms with Gasteiger partial charge in [0, 0.05) is 12.1 Å². The zero-order valence-corrected chi connectivity index (χ0v) is 15.5. The fraction of sp³-hybridized carbons (Fsp3) is 0.474. The molecule has 0 aliphatic heterocycles. The molecule has 0 heterocycles. The van der Waals surface area contributed by atoms with Gasteiger partial charge in [0.25, 0.3) is 5.91 Å². The van der Waals surface area contributed by atoms with Crippen molar-refractivity contribution in [3.8, 4) is 17.2 Å². The number of methoxy groups -OCH3 is 3. The van der Waals surface area contributed by atoms with Crippen LogP contribution in [0.25, 0.3) is 6.08 Å². The minimum Gasteiger partial charge on any atom is -0.493 e. The van der Waals surface area contributed by atoms with Crippen molar-refractivity contribution >= 4 is 18.0 Å². The highest BCUT2D eigenvalue weighted by molar-refractivity contribution is 5.89. The first-order chi connectivity index (χ1) is 12.5. The van der Waals surface area contributed by atoms with Crippen LogP contribution in [-0.2, 0) is 14.3 Å². The van der Waals surface area contributed by atoms with Gasteiger partial charge in [-0.1, -0.05) is 0 Å². The number of amides is 1. The minimum absolute atomic E-state index is 0.121. The molecule has 1 aromatic rings. The average molecular weight is 363 g/mol. The molecule has 7 nitrogen and oxygen atoms in total. The quantitative estimate of drug-likeness (QED) is 0.535. The summed E-state index contributed by atoms with van der Waals surface area (Å²) in [5.41, 5.74) is 0.670. The third-order valence-electron chi connectivity index (χ3n) is 4.16. The summed E-state index contributed by atoms with van der Waals surface area (Å²) < 4.78 is 20.7. The molecule has 0 unspecified atom stereocenters. The van der Waals surface area contributed by atoms with Crippen LogP contribution in [0.2, 0.25) is 0 Å².